The lowest BCUT2D eigenvalue weighted by Gasteiger charge is -2.42. The monoisotopic (exact) mass is 498 g/mol. The minimum absolute atomic E-state index is 0.136. The van der Waals surface area contributed by atoms with Crippen molar-refractivity contribution in [3.05, 3.63) is 23.4 Å². The molecule has 1 aliphatic carbocycles. The minimum atomic E-state index is -0.804. The number of anilines is 1. The van der Waals surface area contributed by atoms with Crippen LogP contribution in [-0.4, -0.2) is 72.6 Å². The van der Waals surface area contributed by atoms with Crippen molar-refractivity contribution in [3.8, 4) is 0 Å². The summed E-state index contributed by atoms with van der Waals surface area (Å²) < 4.78 is 11.6. The van der Waals surface area contributed by atoms with Gasteiger partial charge >= 0.3 is 17.9 Å². The van der Waals surface area contributed by atoms with Gasteiger partial charge < -0.3 is 25.0 Å². The summed E-state index contributed by atoms with van der Waals surface area (Å²) in [4.78, 5) is 42.7. The van der Waals surface area contributed by atoms with Gasteiger partial charge in [-0.15, -0.1) is 0 Å². The zero-order chi connectivity index (χ0) is 25.4. The molecule has 5 rings (SSSR count). The Balaban J connectivity index is 1.27. The van der Waals surface area contributed by atoms with Crippen LogP contribution in [0, 0.1) is 12.8 Å². The standard InChI is InChI=1S/C25H34N6O5/c1-14-8-20(31-12-18-10-17(31)13-35-18)27-11-19(14)21-25(36-24(34)30-29-21)6-4-16(5-7-25)9-15(2)28-23(33)22(32)26-3/h8,11,15-18H,4-7,9-10,12-13H2,1-3H3,(H,26,32)(H,28,33)(H,30,34)/t15-,16?,17+,18+,25?/m0/s1. The van der Waals surface area contributed by atoms with Gasteiger partial charge in [-0.3, -0.25) is 9.59 Å². The van der Waals surface area contributed by atoms with E-state index in [0.717, 1.165) is 55.8 Å². The van der Waals surface area contributed by atoms with Crippen LogP contribution in [0.2, 0.25) is 0 Å². The number of nitrogens with one attached hydrogen (secondary N) is 3. The van der Waals surface area contributed by atoms with E-state index in [2.05, 4.69) is 32.1 Å². The largest absolute Gasteiger partial charge is 0.435 e. The average molecular weight is 499 g/mol. The molecule has 0 radical (unpaired) electrons. The van der Waals surface area contributed by atoms with E-state index < -0.39 is 23.5 Å². The quantitative estimate of drug-likeness (QED) is 0.522. The predicted octanol–water partition coefficient (Wildman–Crippen LogP) is 1.38. The molecule has 3 fully saturated rings. The van der Waals surface area contributed by atoms with Gasteiger partial charge in [-0.25, -0.2) is 15.2 Å². The average Bonchev–Trinajstić information content (AvgIpc) is 3.49. The maximum atomic E-state index is 12.2. The van der Waals surface area contributed by atoms with E-state index in [1.807, 2.05) is 20.0 Å². The number of fused-ring (bicyclic) bond motifs is 2. The molecule has 2 saturated heterocycles. The Kier molecular flexibility index (Phi) is 6.59. The fourth-order valence-corrected chi connectivity index (χ4v) is 6.06. The lowest BCUT2D eigenvalue weighted by Crippen LogP contribution is -2.53. The van der Waals surface area contributed by atoms with E-state index >= 15 is 0 Å². The number of hydrogen-bond donors (Lipinski definition) is 3. The number of aryl methyl sites for hydroxylation is 1. The fourth-order valence-electron chi connectivity index (χ4n) is 6.06. The number of hydrogen-bond acceptors (Lipinski definition) is 8. The van der Waals surface area contributed by atoms with Gasteiger partial charge in [0, 0.05) is 31.4 Å². The van der Waals surface area contributed by atoms with Gasteiger partial charge in [-0.1, -0.05) is 0 Å². The molecular weight excluding hydrogens is 464 g/mol. The molecule has 2 bridgehead atoms. The maximum absolute atomic E-state index is 12.2. The third-order valence-corrected chi connectivity index (χ3v) is 7.94. The summed E-state index contributed by atoms with van der Waals surface area (Å²) in [5.74, 6) is 0.00555. The Bertz CT molecular complexity index is 1080. The molecule has 194 valence electrons. The number of carbonyl (C=O) groups is 3. The van der Waals surface area contributed by atoms with Crippen molar-refractivity contribution in [1.82, 2.24) is 21.0 Å². The molecule has 1 aromatic rings. The van der Waals surface area contributed by atoms with E-state index in [1.165, 1.54) is 7.05 Å². The normalized spacial score (nSPS) is 29.9. The molecule has 36 heavy (non-hydrogen) atoms. The molecule has 11 nitrogen and oxygen atoms in total. The molecule has 0 aromatic carbocycles. The minimum Gasteiger partial charge on any atom is -0.435 e. The Morgan fingerprint density at radius 2 is 2.08 bits per heavy atom. The van der Waals surface area contributed by atoms with E-state index in [-0.39, 0.29) is 6.04 Å². The summed E-state index contributed by atoms with van der Waals surface area (Å²) in [6, 6.07) is 2.33. The number of ether oxygens (including phenoxy) is 2. The van der Waals surface area contributed by atoms with Gasteiger partial charge in [-0.05, 0) is 69.9 Å². The number of pyridine rings is 1. The smallest absolute Gasteiger partial charge is 0.428 e. The lowest BCUT2D eigenvalue weighted by molar-refractivity contribution is -0.139. The maximum Gasteiger partial charge on any atom is 0.428 e. The van der Waals surface area contributed by atoms with Crippen LogP contribution in [0.3, 0.4) is 0 Å². The van der Waals surface area contributed by atoms with Crippen LogP contribution in [0.4, 0.5) is 10.6 Å². The lowest BCUT2D eigenvalue weighted by atomic mass is 9.72. The zero-order valence-electron chi connectivity index (χ0n) is 21.0. The Morgan fingerprint density at radius 1 is 1.31 bits per heavy atom. The molecule has 1 aromatic heterocycles. The molecular formula is C25H34N6O5. The zero-order valence-corrected chi connectivity index (χ0v) is 21.0. The summed E-state index contributed by atoms with van der Waals surface area (Å²) in [5.41, 5.74) is 4.31. The highest BCUT2D eigenvalue weighted by Gasteiger charge is 2.47. The van der Waals surface area contributed by atoms with E-state index in [1.54, 1.807) is 0 Å². The van der Waals surface area contributed by atoms with Crippen LogP contribution in [-0.2, 0) is 19.1 Å². The molecule has 11 heteroatoms. The van der Waals surface area contributed by atoms with Gasteiger partial charge in [0.05, 0.1) is 18.8 Å². The van der Waals surface area contributed by atoms with Gasteiger partial charge in [0.1, 0.15) is 11.5 Å². The second-order valence-corrected chi connectivity index (χ2v) is 10.4. The van der Waals surface area contributed by atoms with Gasteiger partial charge in [0.15, 0.2) is 5.60 Å². The number of morpholine rings is 1. The molecule has 3 atom stereocenters. The first-order chi connectivity index (χ1) is 17.3. The number of amides is 3. The highest BCUT2D eigenvalue weighted by atomic mass is 16.6. The topological polar surface area (TPSA) is 134 Å². The highest BCUT2D eigenvalue weighted by molar-refractivity contribution is 6.35. The Labute approximate surface area is 210 Å². The van der Waals surface area contributed by atoms with Gasteiger partial charge in [-0.2, -0.15) is 5.10 Å². The summed E-state index contributed by atoms with van der Waals surface area (Å²) in [7, 11) is 1.43. The molecule has 0 unspecified atom stereocenters. The number of rotatable bonds is 5. The molecule has 3 amide bonds. The van der Waals surface area contributed by atoms with Crippen LogP contribution >= 0.6 is 0 Å². The Morgan fingerprint density at radius 3 is 2.72 bits per heavy atom. The van der Waals surface area contributed by atoms with Crippen LogP contribution in [0.15, 0.2) is 17.4 Å². The van der Waals surface area contributed by atoms with Crippen LogP contribution < -0.4 is 21.0 Å². The van der Waals surface area contributed by atoms with Crippen molar-refractivity contribution in [2.24, 2.45) is 11.0 Å². The Hall–Kier alpha value is -3.21. The molecule has 4 heterocycles. The number of aromatic nitrogens is 1. The predicted molar refractivity (Wildman–Crippen MR) is 132 cm³/mol. The number of nitrogens with zero attached hydrogens (tertiary/aromatic N) is 3. The first-order valence-corrected chi connectivity index (χ1v) is 12.7. The van der Waals surface area contributed by atoms with Crippen LogP contribution in [0.5, 0.6) is 0 Å². The van der Waals surface area contributed by atoms with E-state index in [0.29, 0.717) is 36.6 Å². The summed E-state index contributed by atoms with van der Waals surface area (Å²) in [6.45, 7) is 5.56. The van der Waals surface area contributed by atoms with Crippen molar-refractivity contribution < 1.29 is 23.9 Å². The molecule has 3 aliphatic heterocycles. The number of hydrazone groups is 1. The van der Waals surface area contributed by atoms with Crippen LogP contribution in [0.1, 0.15) is 56.6 Å². The molecule has 3 N–H and O–H groups in total. The van der Waals surface area contributed by atoms with Gasteiger partial charge in [0.25, 0.3) is 0 Å². The fraction of sp³-hybridized carbons (Fsp3) is 0.640. The third-order valence-electron chi connectivity index (χ3n) is 7.94. The highest BCUT2D eigenvalue weighted by Crippen LogP contribution is 2.41. The van der Waals surface area contributed by atoms with Crippen LogP contribution in [0.25, 0.3) is 0 Å². The van der Waals surface area contributed by atoms with Crippen molar-refractivity contribution in [1.29, 1.82) is 0 Å². The third kappa shape index (κ3) is 4.63. The number of likely N-dealkylation sites (N-methyl/N-ethyl adjacent to an activating group) is 1. The first-order valence-electron chi connectivity index (χ1n) is 12.7. The summed E-state index contributed by atoms with van der Waals surface area (Å²) in [6.07, 6.45) is 6.29. The summed E-state index contributed by atoms with van der Waals surface area (Å²) in [5, 5.41) is 9.54. The van der Waals surface area contributed by atoms with Crippen molar-refractivity contribution in [3.63, 3.8) is 0 Å². The summed E-state index contributed by atoms with van der Waals surface area (Å²) >= 11 is 0. The van der Waals surface area contributed by atoms with Gasteiger partial charge in [0.2, 0.25) is 0 Å². The first kappa shape index (κ1) is 24.5. The molecule has 1 saturated carbocycles. The second-order valence-electron chi connectivity index (χ2n) is 10.4. The van der Waals surface area contributed by atoms with E-state index in [9.17, 15) is 14.4 Å². The van der Waals surface area contributed by atoms with E-state index in [4.69, 9.17) is 14.5 Å². The number of carbonyl (C=O) groups excluding carboxylic acids is 3. The molecule has 1 spiro atoms. The second kappa shape index (κ2) is 9.68. The van der Waals surface area contributed by atoms with Crippen molar-refractivity contribution >= 4 is 29.4 Å². The SMILES string of the molecule is CNC(=O)C(=O)N[C@@H](C)CC1CCC2(CC1)OC(=O)NN=C2c1cnc(N2C[C@H]3C[C@@H]2CO3)cc1C. The molecule has 4 aliphatic rings. The van der Waals surface area contributed by atoms with Crippen molar-refractivity contribution in [2.75, 3.05) is 25.1 Å². The van der Waals surface area contributed by atoms with Crippen molar-refractivity contribution in [2.45, 2.75) is 76.2 Å².